The average Bonchev–Trinajstić information content (AvgIpc) is 2.66. The van der Waals surface area contributed by atoms with Crippen LogP contribution in [-0.2, 0) is 14.0 Å². The molecule has 0 radical (unpaired) electrons. The molecule has 0 N–H and O–H groups in total. The van der Waals surface area contributed by atoms with Crippen LogP contribution in [0, 0.1) is 17.8 Å². The lowest BCUT2D eigenvalue weighted by atomic mass is 9.99. The van der Waals surface area contributed by atoms with Crippen LogP contribution < -0.4 is 0 Å². The van der Waals surface area contributed by atoms with Crippen molar-refractivity contribution in [2.24, 2.45) is 17.8 Å². The van der Waals surface area contributed by atoms with Crippen molar-refractivity contribution >= 4 is 18.4 Å². The van der Waals surface area contributed by atoms with Gasteiger partial charge in [0.25, 0.3) is 0 Å². The zero-order chi connectivity index (χ0) is 24.5. The smallest absolute Gasteiger partial charge is 0.307 e. The van der Waals surface area contributed by atoms with E-state index >= 15 is 0 Å². The number of unbranched alkanes of at least 4 members (excludes halogenated alkanes) is 2. The van der Waals surface area contributed by atoms with Gasteiger partial charge >= 0.3 is 15.6 Å². The standard InChI is InChI=1S/C23H47F3O3SSi/c1-9-13-15-20(11-3)17-31(22(7,8)19(5)6,18-21(12-4)16-14-10-2)29-30(27,28)23(24,25)26/h19-21H,9-18H2,1-8H3. The Bertz CT molecular complexity index is 586. The summed E-state index contributed by atoms with van der Waals surface area (Å²) in [5.41, 5.74) is -5.39. The molecular formula is C23H47F3O3SSi. The van der Waals surface area contributed by atoms with Gasteiger partial charge in [-0.05, 0) is 34.9 Å². The molecule has 0 fully saturated rings. The lowest BCUT2D eigenvalue weighted by Gasteiger charge is -2.49. The van der Waals surface area contributed by atoms with E-state index in [0.717, 1.165) is 51.4 Å². The van der Waals surface area contributed by atoms with E-state index in [4.69, 9.17) is 3.87 Å². The van der Waals surface area contributed by atoms with Gasteiger partial charge < -0.3 is 3.87 Å². The van der Waals surface area contributed by atoms with Crippen LogP contribution in [0.15, 0.2) is 0 Å². The van der Waals surface area contributed by atoms with Crippen molar-refractivity contribution in [1.29, 1.82) is 0 Å². The summed E-state index contributed by atoms with van der Waals surface area (Å²) in [5.74, 6) is 0.364. The van der Waals surface area contributed by atoms with E-state index in [2.05, 4.69) is 27.7 Å². The Hall–Kier alpha value is -0.0831. The summed E-state index contributed by atoms with van der Waals surface area (Å²) in [5, 5.41) is -0.620. The van der Waals surface area contributed by atoms with Gasteiger partial charge in [0.05, 0.1) is 0 Å². The van der Waals surface area contributed by atoms with E-state index in [9.17, 15) is 21.6 Å². The lowest BCUT2D eigenvalue weighted by Crippen LogP contribution is -2.55. The molecule has 2 unspecified atom stereocenters. The van der Waals surface area contributed by atoms with E-state index in [0.29, 0.717) is 12.1 Å². The van der Waals surface area contributed by atoms with Crippen LogP contribution in [0.5, 0.6) is 0 Å². The summed E-state index contributed by atoms with van der Waals surface area (Å²) < 4.78 is 70.8. The summed E-state index contributed by atoms with van der Waals surface area (Å²) in [6.07, 6.45) is 7.44. The second-order valence-corrected chi connectivity index (χ2v) is 16.2. The van der Waals surface area contributed by atoms with E-state index in [1.165, 1.54) is 0 Å². The van der Waals surface area contributed by atoms with E-state index in [1.54, 1.807) is 0 Å². The number of hydrogen-bond acceptors (Lipinski definition) is 3. The summed E-state index contributed by atoms with van der Waals surface area (Å²) >= 11 is 0. The molecule has 0 amide bonds. The van der Waals surface area contributed by atoms with Gasteiger partial charge in [-0.25, -0.2) is 0 Å². The molecule has 0 aromatic carbocycles. The molecule has 0 aliphatic heterocycles. The zero-order valence-corrected chi connectivity index (χ0v) is 22.9. The highest BCUT2D eigenvalue weighted by atomic mass is 32.2. The first-order valence-electron chi connectivity index (χ1n) is 12.2. The molecule has 0 saturated heterocycles. The maximum absolute atomic E-state index is 13.5. The maximum Gasteiger partial charge on any atom is 0.522 e. The van der Waals surface area contributed by atoms with Crippen LogP contribution in [0.3, 0.4) is 0 Å². The molecule has 8 heteroatoms. The number of alkyl halides is 3. The Morgan fingerprint density at radius 2 is 1.23 bits per heavy atom. The molecule has 0 heterocycles. The van der Waals surface area contributed by atoms with Gasteiger partial charge in [-0.1, -0.05) is 107 Å². The second-order valence-electron chi connectivity index (χ2n) is 10.1. The van der Waals surface area contributed by atoms with Crippen LogP contribution in [-0.4, -0.2) is 22.2 Å². The fraction of sp³-hybridized carbons (Fsp3) is 1.00. The third-order valence-electron chi connectivity index (χ3n) is 7.49. The van der Waals surface area contributed by atoms with E-state index in [1.807, 2.05) is 27.7 Å². The topological polar surface area (TPSA) is 43.4 Å². The van der Waals surface area contributed by atoms with Gasteiger partial charge in [0.1, 0.15) is 0 Å². The van der Waals surface area contributed by atoms with Gasteiger partial charge in [-0.15, -0.1) is 0 Å². The van der Waals surface area contributed by atoms with Crippen molar-refractivity contribution in [3.8, 4) is 0 Å². The Morgan fingerprint density at radius 1 is 0.839 bits per heavy atom. The largest absolute Gasteiger partial charge is 0.522 e. The van der Waals surface area contributed by atoms with Crippen molar-refractivity contribution in [2.45, 2.75) is 129 Å². The fourth-order valence-corrected chi connectivity index (χ4v) is 13.0. The van der Waals surface area contributed by atoms with Gasteiger partial charge in [0, 0.05) is 0 Å². The molecule has 3 nitrogen and oxygen atoms in total. The summed E-state index contributed by atoms with van der Waals surface area (Å²) in [6, 6.07) is 0.930. The molecule has 0 aliphatic rings. The minimum absolute atomic E-state index is 0.00922. The molecule has 0 aromatic rings. The molecule has 0 spiro atoms. The monoisotopic (exact) mass is 488 g/mol. The van der Waals surface area contributed by atoms with Crippen LogP contribution >= 0.6 is 0 Å². The maximum atomic E-state index is 13.5. The second kappa shape index (κ2) is 13.0. The molecule has 0 saturated carbocycles. The van der Waals surface area contributed by atoms with Crippen LogP contribution in [0.1, 0.15) is 107 Å². The van der Waals surface area contributed by atoms with Crippen molar-refractivity contribution in [3.63, 3.8) is 0 Å². The number of halogens is 3. The third-order valence-corrected chi connectivity index (χ3v) is 15.6. The van der Waals surface area contributed by atoms with Crippen molar-refractivity contribution in [2.75, 3.05) is 0 Å². The summed E-state index contributed by atoms with van der Waals surface area (Å²) in [4.78, 5) is 0. The van der Waals surface area contributed by atoms with Crippen molar-refractivity contribution in [1.82, 2.24) is 0 Å². The van der Waals surface area contributed by atoms with Crippen molar-refractivity contribution in [3.05, 3.63) is 0 Å². The van der Waals surface area contributed by atoms with Crippen molar-refractivity contribution < 1.29 is 25.5 Å². The van der Waals surface area contributed by atoms with Crippen LogP contribution in [0.25, 0.3) is 0 Å². The minimum Gasteiger partial charge on any atom is -0.307 e. The Labute approximate surface area is 191 Å². The highest BCUT2D eigenvalue weighted by Crippen LogP contribution is 2.54. The number of hydrogen-bond donors (Lipinski definition) is 0. The first-order valence-corrected chi connectivity index (χ1v) is 15.9. The normalized spacial score (nSPS) is 17.5. The highest BCUT2D eigenvalue weighted by molar-refractivity contribution is 7.88. The Morgan fingerprint density at radius 3 is 1.48 bits per heavy atom. The SMILES string of the molecule is CCCCC(CC)C[Si](CC(CC)CCCC)(OS(=O)(=O)C(F)(F)F)C(C)(C)C(C)C. The molecule has 0 aliphatic carbocycles. The minimum atomic E-state index is -5.66. The van der Waals surface area contributed by atoms with E-state index in [-0.39, 0.29) is 17.8 Å². The predicted octanol–water partition coefficient (Wildman–Crippen LogP) is 8.67. The predicted molar refractivity (Wildman–Crippen MR) is 127 cm³/mol. The van der Waals surface area contributed by atoms with Gasteiger partial charge in [0.2, 0.25) is 8.32 Å². The summed E-state index contributed by atoms with van der Waals surface area (Å²) in [6.45, 7) is 16.1. The molecule has 31 heavy (non-hydrogen) atoms. The molecular weight excluding hydrogens is 441 g/mol. The van der Waals surface area contributed by atoms with Crippen LogP contribution in [0.2, 0.25) is 17.1 Å². The third kappa shape index (κ3) is 8.65. The number of rotatable bonds is 16. The highest BCUT2D eigenvalue weighted by Gasteiger charge is 2.59. The zero-order valence-electron chi connectivity index (χ0n) is 21.1. The lowest BCUT2D eigenvalue weighted by molar-refractivity contribution is -0.0507. The van der Waals surface area contributed by atoms with Gasteiger partial charge in [0.15, 0.2) is 0 Å². The fourth-order valence-electron chi connectivity index (χ4n) is 4.39. The van der Waals surface area contributed by atoms with Crippen LogP contribution in [0.4, 0.5) is 13.2 Å². The molecule has 0 rings (SSSR count). The van der Waals surface area contributed by atoms with E-state index < -0.39 is 29.0 Å². The molecule has 0 aromatic heterocycles. The first kappa shape index (κ1) is 30.9. The molecule has 188 valence electrons. The van der Waals surface area contributed by atoms with Gasteiger partial charge in [-0.3, -0.25) is 0 Å². The molecule has 2 atom stereocenters. The Balaban J connectivity index is 6.58. The van der Waals surface area contributed by atoms with Gasteiger partial charge in [-0.2, -0.15) is 21.6 Å². The Kier molecular flexibility index (Phi) is 12.9. The quantitative estimate of drug-likeness (QED) is 0.161. The first-order chi connectivity index (χ1) is 14.1. The summed E-state index contributed by atoms with van der Waals surface area (Å²) in [7, 11) is -9.07. The molecule has 0 bridgehead atoms. The average molecular weight is 489 g/mol.